The van der Waals surface area contributed by atoms with Crippen molar-refractivity contribution in [1.82, 2.24) is 25.1 Å². The van der Waals surface area contributed by atoms with Crippen LogP contribution in [0, 0.1) is 12.8 Å². The molecule has 0 saturated heterocycles. The van der Waals surface area contributed by atoms with Crippen LogP contribution in [0.15, 0.2) is 48.9 Å². The van der Waals surface area contributed by atoms with Crippen molar-refractivity contribution in [2.45, 2.75) is 32.6 Å². The predicted octanol–water partition coefficient (Wildman–Crippen LogP) is 4.52. The van der Waals surface area contributed by atoms with E-state index in [4.69, 9.17) is 4.98 Å². The molecule has 1 fully saturated rings. The number of amides is 1. The Labute approximate surface area is 174 Å². The number of nitrogens with one attached hydrogen (secondary N) is 2. The smallest absolute Gasteiger partial charge is 0.227 e. The number of H-pyrrole nitrogens is 1. The molecule has 0 unspecified atom stereocenters. The summed E-state index contributed by atoms with van der Waals surface area (Å²) in [5.74, 6) is 0.213. The first-order chi connectivity index (χ1) is 14.7. The van der Waals surface area contributed by atoms with Crippen LogP contribution in [0.2, 0.25) is 0 Å². The number of aromatic amines is 1. The van der Waals surface area contributed by atoms with Gasteiger partial charge in [-0.25, -0.2) is 4.98 Å². The van der Waals surface area contributed by atoms with E-state index < -0.39 is 0 Å². The fourth-order valence-corrected chi connectivity index (χ4v) is 4.02. The van der Waals surface area contributed by atoms with Crippen LogP contribution in [0.3, 0.4) is 0 Å². The maximum Gasteiger partial charge on any atom is 0.227 e. The summed E-state index contributed by atoms with van der Waals surface area (Å²) in [6.07, 6.45) is 9.43. The van der Waals surface area contributed by atoms with Gasteiger partial charge in [-0.05, 0) is 44.0 Å². The third kappa shape index (κ3) is 3.54. The molecule has 7 heteroatoms. The number of aryl methyl sites for hydroxylation is 1. The van der Waals surface area contributed by atoms with Crippen molar-refractivity contribution >= 4 is 22.5 Å². The van der Waals surface area contributed by atoms with Gasteiger partial charge < -0.3 is 5.32 Å². The van der Waals surface area contributed by atoms with Gasteiger partial charge in [0.05, 0.1) is 34.5 Å². The van der Waals surface area contributed by atoms with Crippen LogP contribution in [-0.2, 0) is 4.79 Å². The molecular weight excluding hydrogens is 376 g/mol. The quantitative estimate of drug-likeness (QED) is 0.527. The lowest BCUT2D eigenvalue weighted by Crippen LogP contribution is -2.20. The molecule has 4 aromatic rings. The van der Waals surface area contributed by atoms with E-state index in [9.17, 15) is 4.79 Å². The van der Waals surface area contributed by atoms with Crippen LogP contribution in [0.25, 0.3) is 33.5 Å². The van der Waals surface area contributed by atoms with Crippen LogP contribution in [0.1, 0.15) is 31.4 Å². The van der Waals surface area contributed by atoms with Crippen LogP contribution >= 0.6 is 0 Å². The molecule has 7 nitrogen and oxygen atoms in total. The van der Waals surface area contributed by atoms with E-state index in [0.29, 0.717) is 0 Å². The van der Waals surface area contributed by atoms with E-state index in [1.165, 1.54) is 0 Å². The van der Waals surface area contributed by atoms with Crippen molar-refractivity contribution in [3.8, 4) is 22.6 Å². The highest BCUT2D eigenvalue weighted by atomic mass is 16.1. The van der Waals surface area contributed by atoms with Crippen molar-refractivity contribution in [2.75, 3.05) is 5.32 Å². The summed E-state index contributed by atoms with van der Waals surface area (Å²) in [6, 6.07) is 9.71. The monoisotopic (exact) mass is 398 g/mol. The maximum atomic E-state index is 12.6. The summed E-state index contributed by atoms with van der Waals surface area (Å²) in [6.45, 7) is 1.91. The van der Waals surface area contributed by atoms with Gasteiger partial charge in [0.25, 0.3) is 0 Å². The molecule has 1 aliphatic rings. The Morgan fingerprint density at radius 1 is 1.07 bits per heavy atom. The fraction of sp³-hybridized carbons (Fsp3) is 0.261. The summed E-state index contributed by atoms with van der Waals surface area (Å²) >= 11 is 0. The lowest BCUT2D eigenvalue weighted by molar-refractivity contribution is -0.119. The molecule has 150 valence electrons. The Kier molecular flexibility index (Phi) is 4.71. The Balaban J connectivity index is 1.59. The van der Waals surface area contributed by atoms with E-state index in [1.807, 2.05) is 37.3 Å². The van der Waals surface area contributed by atoms with Gasteiger partial charge in [-0.15, -0.1) is 0 Å². The molecule has 2 N–H and O–H groups in total. The molecule has 0 bridgehead atoms. The van der Waals surface area contributed by atoms with E-state index in [-0.39, 0.29) is 11.8 Å². The molecule has 0 atom stereocenters. The lowest BCUT2D eigenvalue weighted by Gasteiger charge is -2.13. The molecule has 3 aromatic heterocycles. The third-order valence-corrected chi connectivity index (χ3v) is 5.64. The van der Waals surface area contributed by atoms with Crippen LogP contribution in [0.5, 0.6) is 0 Å². The molecule has 1 aliphatic carbocycles. The average molecular weight is 398 g/mol. The number of carbonyl (C=O) groups excluding carboxylic acids is 1. The second-order valence-corrected chi connectivity index (χ2v) is 7.77. The van der Waals surface area contributed by atoms with Crippen LogP contribution in [0.4, 0.5) is 5.69 Å². The first-order valence-corrected chi connectivity index (χ1v) is 10.2. The fourth-order valence-electron chi connectivity index (χ4n) is 4.02. The van der Waals surface area contributed by atoms with Gasteiger partial charge in [0.15, 0.2) is 0 Å². The number of nitrogens with zero attached hydrogens (tertiary/aromatic N) is 4. The largest absolute Gasteiger partial charge is 0.326 e. The zero-order chi connectivity index (χ0) is 20.5. The number of hydrogen-bond acceptors (Lipinski definition) is 5. The minimum Gasteiger partial charge on any atom is -0.326 e. The van der Waals surface area contributed by atoms with E-state index in [0.717, 1.165) is 70.6 Å². The van der Waals surface area contributed by atoms with Gasteiger partial charge >= 0.3 is 0 Å². The summed E-state index contributed by atoms with van der Waals surface area (Å²) in [4.78, 5) is 26.3. The maximum absolute atomic E-state index is 12.6. The normalized spacial score (nSPS) is 14.3. The van der Waals surface area contributed by atoms with Crippen molar-refractivity contribution < 1.29 is 4.79 Å². The number of anilines is 1. The Morgan fingerprint density at radius 3 is 2.67 bits per heavy atom. The molecule has 1 aromatic carbocycles. The predicted molar refractivity (Wildman–Crippen MR) is 116 cm³/mol. The zero-order valence-electron chi connectivity index (χ0n) is 16.7. The molecule has 1 saturated carbocycles. The summed E-state index contributed by atoms with van der Waals surface area (Å²) in [5.41, 5.74) is 5.69. The second kappa shape index (κ2) is 7.67. The second-order valence-electron chi connectivity index (χ2n) is 7.77. The summed E-state index contributed by atoms with van der Waals surface area (Å²) in [5, 5.41) is 11.0. The van der Waals surface area contributed by atoms with E-state index in [1.54, 1.807) is 18.6 Å². The van der Waals surface area contributed by atoms with Crippen molar-refractivity contribution in [3.63, 3.8) is 0 Å². The summed E-state index contributed by atoms with van der Waals surface area (Å²) < 4.78 is 0. The van der Waals surface area contributed by atoms with Crippen molar-refractivity contribution in [3.05, 3.63) is 54.6 Å². The van der Waals surface area contributed by atoms with Crippen LogP contribution in [-0.4, -0.2) is 31.1 Å². The van der Waals surface area contributed by atoms with E-state index >= 15 is 0 Å². The van der Waals surface area contributed by atoms with Gasteiger partial charge in [0.1, 0.15) is 0 Å². The van der Waals surface area contributed by atoms with Crippen molar-refractivity contribution in [2.24, 2.45) is 5.92 Å². The minimum atomic E-state index is 0.0983. The SMILES string of the molecule is Cc1cnc(-c2cc(-c3ccn[nH]3)nc3cc(NC(=O)C4CCCC4)ccc23)cn1. The third-order valence-electron chi connectivity index (χ3n) is 5.64. The summed E-state index contributed by atoms with van der Waals surface area (Å²) in [7, 11) is 0. The standard InChI is InChI=1S/C23H22N6O/c1-14-12-25-22(13-24-14)18-11-21(19-8-9-26-29-19)28-20-10-16(6-7-17(18)20)27-23(30)15-4-2-3-5-15/h6-13,15H,2-5H2,1H3,(H,26,29)(H,27,30). The van der Waals surface area contributed by atoms with E-state index in [2.05, 4.69) is 25.5 Å². The van der Waals surface area contributed by atoms with Crippen molar-refractivity contribution in [1.29, 1.82) is 0 Å². The molecular formula is C23H22N6O. The van der Waals surface area contributed by atoms with Gasteiger partial charge in [-0.1, -0.05) is 18.9 Å². The Morgan fingerprint density at radius 2 is 1.93 bits per heavy atom. The van der Waals surface area contributed by atoms with Gasteiger partial charge in [0.2, 0.25) is 5.91 Å². The number of pyridine rings is 1. The molecule has 0 spiro atoms. The lowest BCUT2D eigenvalue weighted by atomic mass is 10.0. The molecule has 0 aliphatic heterocycles. The molecule has 1 amide bonds. The number of aromatic nitrogens is 5. The van der Waals surface area contributed by atoms with Gasteiger partial charge in [-0.2, -0.15) is 5.10 Å². The highest BCUT2D eigenvalue weighted by Gasteiger charge is 2.22. The van der Waals surface area contributed by atoms with Gasteiger partial charge in [-0.3, -0.25) is 19.9 Å². The highest BCUT2D eigenvalue weighted by Crippen LogP contribution is 2.32. The number of carbonyl (C=O) groups is 1. The first kappa shape index (κ1) is 18.4. The number of benzene rings is 1. The Bertz CT molecular complexity index is 1190. The Hall–Kier alpha value is -3.61. The molecule has 30 heavy (non-hydrogen) atoms. The average Bonchev–Trinajstić information content (AvgIpc) is 3.48. The number of hydrogen-bond donors (Lipinski definition) is 2. The molecule has 0 radical (unpaired) electrons. The molecule has 3 heterocycles. The highest BCUT2D eigenvalue weighted by molar-refractivity contribution is 5.99. The number of fused-ring (bicyclic) bond motifs is 1. The first-order valence-electron chi connectivity index (χ1n) is 10.2. The topological polar surface area (TPSA) is 96.5 Å². The van der Waals surface area contributed by atoms with Crippen LogP contribution < -0.4 is 5.32 Å². The minimum absolute atomic E-state index is 0.0983. The zero-order valence-corrected chi connectivity index (χ0v) is 16.7. The van der Waals surface area contributed by atoms with Gasteiger partial charge in [0, 0.05) is 34.9 Å². The molecule has 5 rings (SSSR count). The number of rotatable bonds is 4.